The van der Waals surface area contributed by atoms with Gasteiger partial charge in [0.25, 0.3) is 0 Å². The van der Waals surface area contributed by atoms with Gasteiger partial charge in [-0.25, -0.2) is 0 Å². The first kappa shape index (κ1) is 30.5. The SMILES string of the molecule is CCCC1CCC(C2CCC(CC)CC2)CC1.CCCCC1CCC(C2CCC(CCC)CC2)CC1.[HH].[HH].[HH].[HH]. The van der Waals surface area contributed by atoms with Gasteiger partial charge in [-0.3, -0.25) is 0 Å². The maximum atomic E-state index is 2.38. The molecule has 0 aliphatic heterocycles. The summed E-state index contributed by atoms with van der Waals surface area (Å²) in [6, 6.07) is 0. The molecule has 0 bridgehead atoms. The predicted octanol–water partition coefficient (Wildman–Crippen LogP) is 13.4. The van der Waals surface area contributed by atoms with E-state index < -0.39 is 0 Å². The van der Waals surface area contributed by atoms with Crippen molar-refractivity contribution in [3.8, 4) is 0 Å². The first-order valence-electron chi connectivity index (χ1n) is 17.7. The van der Waals surface area contributed by atoms with Gasteiger partial charge in [-0.15, -0.1) is 0 Å². The molecular formula is C36H76. The zero-order valence-electron chi connectivity index (χ0n) is 25.6. The minimum atomic E-state index is 0. The molecule has 0 saturated heterocycles. The summed E-state index contributed by atoms with van der Waals surface area (Å²) in [5, 5.41) is 0. The van der Waals surface area contributed by atoms with Crippen molar-refractivity contribution in [1.29, 1.82) is 0 Å². The minimum Gasteiger partial charge on any atom is -0.0654 e. The van der Waals surface area contributed by atoms with Crippen LogP contribution in [0.15, 0.2) is 0 Å². The van der Waals surface area contributed by atoms with E-state index in [1.165, 1.54) is 64.2 Å². The monoisotopic (exact) mass is 509 g/mol. The summed E-state index contributed by atoms with van der Waals surface area (Å²) in [5.41, 5.74) is 0. The fourth-order valence-corrected chi connectivity index (χ4v) is 9.22. The normalized spacial score (nSPS) is 37.7. The van der Waals surface area contributed by atoms with Crippen LogP contribution in [0.2, 0.25) is 0 Å². The van der Waals surface area contributed by atoms with Crippen LogP contribution in [-0.4, -0.2) is 0 Å². The summed E-state index contributed by atoms with van der Waals surface area (Å²) in [4.78, 5) is 0. The number of hydrogen-bond donors (Lipinski definition) is 0. The predicted molar refractivity (Wildman–Crippen MR) is 170 cm³/mol. The average molecular weight is 509 g/mol. The second-order valence-corrected chi connectivity index (χ2v) is 14.3. The Morgan fingerprint density at radius 2 is 0.667 bits per heavy atom. The van der Waals surface area contributed by atoms with Gasteiger partial charge in [0.15, 0.2) is 0 Å². The molecule has 0 radical (unpaired) electrons. The Labute approximate surface area is 234 Å². The van der Waals surface area contributed by atoms with Crippen LogP contribution < -0.4 is 0 Å². The highest BCUT2D eigenvalue weighted by molar-refractivity contribution is 4.83. The first-order valence-corrected chi connectivity index (χ1v) is 17.7. The van der Waals surface area contributed by atoms with Crippen LogP contribution in [0.3, 0.4) is 0 Å². The molecule has 0 unspecified atom stereocenters. The van der Waals surface area contributed by atoms with Gasteiger partial charge < -0.3 is 0 Å². The molecule has 0 atom stereocenters. The third kappa shape index (κ3) is 10.3. The van der Waals surface area contributed by atoms with E-state index in [0.29, 0.717) is 0 Å². The maximum Gasteiger partial charge on any atom is 0 e. The highest BCUT2D eigenvalue weighted by atomic mass is 14.4. The van der Waals surface area contributed by atoms with Crippen LogP contribution in [0.1, 0.15) is 188 Å². The zero-order valence-corrected chi connectivity index (χ0v) is 25.6. The Morgan fingerprint density at radius 3 is 0.944 bits per heavy atom. The fraction of sp³-hybridized carbons (Fsp3) is 1.00. The highest BCUT2D eigenvalue weighted by Gasteiger charge is 2.31. The lowest BCUT2D eigenvalue weighted by Crippen LogP contribution is -2.25. The van der Waals surface area contributed by atoms with Crippen LogP contribution in [-0.2, 0) is 0 Å². The van der Waals surface area contributed by atoms with Crippen molar-refractivity contribution in [2.75, 3.05) is 0 Å². The summed E-state index contributed by atoms with van der Waals surface area (Å²) >= 11 is 0. The molecule has 4 saturated carbocycles. The number of rotatable bonds is 10. The third-order valence-corrected chi connectivity index (χ3v) is 11.8. The molecule has 36 heavy (non-hydrogen) atoms. The van der Waals surface area contributed by atoms with Gasteiger partial charge in [0.05, 0.1) is 0 Å². The molecule has 0 heteroatoms. The molecule has 4 aliphatic rings. The Balaban J connectivity index is 0. The molecule has 4 aliphatic carbocycles. The molecule has 220 valence electrons. The van der Waals surface area contributed by atoms with Crippen LogP contribution >= 0.6 is 0 Å². The summed E-state index contributed by atoms with van der Waals surface area (Å²) in [6.07, 6.45) is 36.5. The summed E-state index contributed by atoms with van der Waals surface area (Å²) in [5.74, 6) is 8.78. The van der Waals surface area contributed by atoms with Crippen molar-refractivity contribution < 1.29 is 5.71 Å². The third-order valence-electron chi connectivity index (χ3n) is 11.8. The number of hydrogen-bond acceptors (Lipinski definition) is 0. The summed E-state index contributed by atoms with van der Waals surface area (Å²) in [7, 11) is 0. The van der Waals surface area contributed by atoms with Gasteiger partial charge in [0, 0.05) is 5.71 Å². The Bertz CT molecular complexity index is 523. The number of unbranched alkanes of at least 4 members (excludes halogenated alkanes) is 1. The summed E-state index contributed by atoms with van der Waals surface area (Å²) in [6.45, 7) is 9.41. The smallest absolute Gasteiger partial charge is 0 e. The maximum absolute atomic E-state index is 2.38. The van der Waals surface area contributed by atoms with Crippen molar-refractivity contribution in [2.45, 2.75) is 182 Å². The molecule has 0 aromatic rings. The molecule has 0 nitrogen and oxygen atoms in total. The van der Waals surface area contributed by atoms with E-state index in [-0.39, 0.29) is 5.71 Å². The topological polar surface area (TPSA) is 0 Å². The van der Waals surface area contributed by atoms with E-state index in [4.69, 9.17) is 0 Å². The zero-order chi connectivity index (χ0) is 25.6. The minimum absolute atomic E-state index is 0. The van der Waals surface area contributed by atoms with Gasteiger partial charge in [-0.2, -0.15) is 0 Å². The quantitative estimate of drug-likeness (QED) is 0.275. The Kier molecular flexibility index (Phi) is 14.9. The van der Waals surface area contributed by atoms with Crippen molar-refractivity contribution in [1.82, 2.24) is 0 Å². The molecule has 0 aromatic heterocycles. The molecule has 4 fully saturated rings. The van der Waals surface area contributed by atoms with E-state index in [1.54, 1.807) is 89.9 Å². The van der Waals surface area contributed by atoms with Crippen LogP contribution in [0.5, 0.6) is 0 Å². The second kappa shape index (κ2) is 17.6. The van der Waals surface area contributed by atoms with E-state index in [0.717, 1.165) is 47.3 Å². The largest absolute Gasteiger partial charge is 0.0654 e. The van der Waals surface area contributed by atoms with Gasteiger partial charge in [-0.05, 0) is 98.7 Å². The highest BCUT2D eigenvalue weighted by Crippen LogP contribution is 2.44. The van der Waals surface area contributed by atoms with E-state index in [9.17, 15) is 0 Å². The van der Waals surface area contributed by atoms with Crippen molar-refractivity contribution in [2.24, 2.45) is 47.3 Å². The summed E-state index contributed by atoms with van der Waals surface area (Å²) < 4.78 is 0. The van der Waals surface area contributed by atoms with E-state index in [2.05, 4.69) is 27.7 Å². The van der Waals surface area contributed by atoms with Crippen molar-refractivity contribution in [3.63, 3.8) is 0 Å². The van der Waals surface area contributed by atoms with Crippen LogP contribution in [0.4, 0.5) is 0 Å². The van der Waals surface area contributed by atoms with Crippen LogP contribution in [0, 0.1) is 47.3 Å². The lowest BCUT2D eigenvalue weighted by Gasteiger charge is -2.38. The Hall–Kier alpha value is 0. The van der Waals surface area contributed by atoms with E-state index >= 15 is 0 Å². The molecule has 4 rings (SSSR count). The van der Waals surface area contributed by atoms with Gasteiger partial charge in [0.2, 0.25) is 0 Å². The fourth-order valence-electron chi connectivity index (χ4n) is 9.22. The Morgan fingerprint density at radius 1 is 0.361 bits per heavy atom. The average Bonchev–Trinajstić information content (AvgIpc) is 2.94. The molecule has 0 spiro atoms. The van der Waals surface area contributed by atoms with Crippen molar-refractivity contribution in [3.05, 3.63) is 0 Å². The molecule has 0 heterocycles. The molecule has 0 N–H and O–H groups in total. The molecular weight excluding hydrogens is 432 g/mol. The second-order valence-electron chi connectivity index (χ2n) is 14.3. The van der Waals surface area contributed by atoms with Gasteiger partial charge >= 0.3 is 0 Å². The lowest BCUT2D eigenvalue weighted by atomic mass is 9.68. The van der Waals surface area contributed by atoms with Crippen molar-refractivity contribution >= 4 is 0 Å². The molecule has 0 aromatic carbocycles. The molecule has 0 amide bonds. The van der Waals surface area contributed by atoms with Gasteiger partial charge in [0.1, 0.15) is 0 Å². The van der Waals surface area contributed by atoms with E-state index in [1.807, 2.05) is 0 Å². The van der Waals surface area contributed by atoms with Gasteiger partial charge in [-0.1, -0.05) is 130 Å². The standard InChI is InChI=1S/C19H36.C17H32.4H2/c1-3-5-7-17-10-14-19(15-11-17)18-12-8-16(6-4-2)9-13-18;1-3-5-15-8-12-17(13-9-15)16-10-6-14(4-2)7-11-16;;;;/h16-19H,3-15H2,1-2H3;14-17H,3-13H2,1-2H3;4*1H. The first-order chi connectivity index (χ1) is 17.7. The van der Waals surface area contributed by atoms with Crippen LogP contribution in [0.25, 0.3) is 0 Å². The lowest BCUT2D eigenvalue weighted by molar-refractivity contribution is 0.140.